The average Bonchev–Trinajstić information content (AvgIpc) is 3.07. The third kappa shape index (κ3) is 4.45. The van der Waals surface area contributed by atoms with Crippen molar-refractivity contribution >= 4 is 23.9 Å². The summed E-state index contributed by atoms with van der Waals surface area (Å²) in [5.74, 6) is -2.17. The number of nitrogens with one attached hydrogen (secondary N) is 1. The molecule has 0 aromatic carbocycles. The summed E-state index contributed by atoms with van der Waals surface area (Å²) >= 11 is 0. The number of hydrogen-bond donors (Lipinski definition) is 1. The van der Waals surface area contributed by atoms with E-state index in [1.807, 2.05) is 0 Å². The van der Waals surface area contributed by atoms with Crippen molar-refractivity contribution in [2.75, 3.05) is 26.8 Å². The van der Waals surface area contributed by atoms with Crippen LogP contribution in [0.5, 0.6) is 0 Å². The highest BCUT2D eigenvalue weighted by molar-refractivity contribution is 6.05. The summed E-state index contributed by atoms with van der Waals surface area (Å²) in [7, 11) is 1.18. The number of carbonyl (C=O) groups excluding carboxylic acids is 4. The molecule has 1 atom stereocenters. The van der Waals surface area contributed by atoms with Crippen LogP contribution < -0.4 is 5.32 Å². The summed E-state index contributed by atoms with van der Waals surface area (Å²) in [6.07, 6.45) is 0.609. The molecule has 148 valence electrons. The molecular formula is C17H23N3O7. The molecule has 0 bridgehead atoms. The molecule has 27 heavy (non-hydrogen) atoms. The molecule has 2 aliphatic rings. The lowest BCUT2D eigenvalue weighted by Crippen LogP contribution is -2.45. The number of alkyl carbamates (subject to hydrolysis) is 1. The Kier molecular flexibility index (Phi) is 5.89. The first-order valence-corrected chi connectivity index (χ1v) is 8.27. The molecule has 2 rings (SSSR count). The van der Waals surface area contributed by atoms with Crippen molar-refractivity contribution in [3.8, 4) is 0 Å². The molecule has 1 saturated heterocycles. The molecule has 0 spiro atoms. The van der Waals surface area contributed by atoms with E-state index in [9.17, 15) is 19.2 Å². The molecular weight excluding hydrogens is 358 g/mol. The van der Waals surface area contributed by atoms with Gasteiger partial charge < -0.3 is 19.5 Å². The third-order valence-corrected chi connectivity index (χ3v) is 3.67. The topological polar surface area (TPSA) is 114 Å². The molecule has 2 amide bonds. The van der Waals surface area contributed by atoms with Crippen molar-refractivity contribution in [3.05, 3.63) is 23.9 Å². The molecule has 10 nitrogen and oxygen atoms in total. The predicted octanol–water partition coefficient (Wildman–Crippen LogP) is 0.109. The SMILES string of the molecule is C=CCOC(=O)C1=C(C(=O)OC)CN2C[C@H](NC(=O)OC(C)(C)C)C(=O)N12. The van der Waals surface area contributed by atoms with Crippen LogP contribution in [0.15, 0.2) is 23.9 Å². The average molecular weight is 381 g/mol. The van der Waals surface area contributed by atoms with Gasteiger partial charge in [0.25, 0.3) is 5.91 Å². The zero-order valence-electron chi connectivity index (χ0n) is 15.7. The molecule has 0 aliphatic carbocycles. The quantitative estimate of drug-likeness (QED) is 0.405. The standard InChI is InChI=1S/C17H23N3O7/c1-6-7-26-15(23)12-10(14(22)25-5)8-19-9-11(13(21)20(12)19)18-16(24)27-17(2,3)4/h6,11H,1,7-9H2,2-5H3,(H,18,24)/t11-/m0/s1. The lowest BCUT2D eigenvalue weighted by Gasteiger charge is -2.21. The molecule has 10 heteroatoms. The summed E-state index contributed by atoms with van der Waals surface area (Å²) in [4.78, 5) is 49.0. The Morgan fingerprint density at radius 1 is 1.30 bits per heavy atom. The van der Waals surface area contributed by atoms with Crippen LogP contribution in [0.25, 0.3) is 0 Å². The number of hydrazine groups is 1. The Morgan fingerprint density at radius 2 is 1.96 bits per heavy atom. The van der Waals surface area contributed by atoms with Crippen molar-refractivity contribution in [2.24, 2.45) is 0 Å². The Bertz CT molecular complexity index is 708. The van der Waals surface area contributed by atoms with Crippen LogP contribution in [0.2, 0.25) is 0 Å². The van der Waals surface area contributed by atoms with Gasteiger partial charge in [0, 0.05) is 6.54 Å². The fourth-order valence-electron chi connectivity index (χ4n) is 2.68. The molecule has 0 saturated carbocycles. The lowest BCUT2D eigenvalue weighted by atomic mass is 10.2. The van der Waals surface area contributed by atoms with Gasteiger partial charge in [-0.25, -0.2) is 24.4 Å². The van der Waals surface area contributed by atoms with Crippen LogP contribution in [0, 0.1) is 0 Å². The second-order valence-corrected chi connectivity index (χ2v) is 6.90. The summed E-state index contributed by atoms with van der Waals surface area (Å²) < 4.78 is 14.8. The second-order valence-electron chi connectivity index (χ2n) is 6.90. The summed E-state index contributed by atoms with van der Waals surface area (Å²) in [5, 5.41) is 4.97. The fraction of sp³-hybridized carbons (Fsp3) is 0.529. The number of nitrogens with zero attached hydrogens (tertiary/aromatic N) is 2. The van der Waals surface area contributed by atoms with Crippen molar-refractivity contribution in [1.82, 2.24) is 15.3 Å². The predicted molar refractivity (Wildman–Crippen MR) is 91.8 cm³/mol. The Morgan fingerprint density at radius 3 is 2.52 bits per heavy atom. The van der Waals surface area contributed by atoms with Crippen LogP contribution in [0.1, 0.15) is 20.8 Å². The molecule has 0 unspecified atom stereocenters. The van der Waals surface area contributed by atoms with E-state index >= 15 is 0 Å². The van der Waals surface area contributed by atoms with Gasteiger partial charge in [-0.05, 0) is 20.8 Å². The Labute approximate surface area is 156 Å². The van der Waals surface area contributed by atoms with Crippen molar-refractivity contribution in [1.29, 1.82) is 0 Å². The lowest BCUT2D eigenvalue weighted by molar-refractivity contribution is -0.146. The van der Waals surface area contributed by atoms with E-state index in [-0.39, 0.29) is 31.0 Å². The minimum atomic E-state index is -0.929. The van der Waals surface area contributed by atoms with Crippen molar-refractivity contribution < 1.29 is 33.4 Å². The van der Waals surface area contributed by atoms with Gasteiger partial charge in [-0.15, -0.1) is 0 Å². The highest BCUT2D eigenvalue weighted by Crippen LogP contribution is 2.30. The summed E-state index contributed by atoms with van der Waals surface area (Å²) in [5.41, 5.74) is -0.933. The van der Waals surface area contributed by atoms with Gasteiger partial charge in [-0.1, -0.05) is 12.7 Å². The Balaban J connectivity index is 2.22. The number of carbonyl (C=O) groups is 4. The molecule has 0 radical (unpaired) electrons. The van der Waals surface area contributed by atoms with E-state index in [0.29, 0.717) is 0 Å². The van der Waals surface area contributed by atoms with Crippen LogP contribution in [-0.2, 0) is 28.6 Å². The normalized spacial score (nSPS) is 19.6. The summed E-state index contributed by atoms with van der Waals surface area (Å²) in [6, 6.07) is -0.929. The third-order valence-electron chi connectivity index (χ3n) is 3.67. The second kappa shape index (κ2) is 7.78. The zero-order chi connectivity index (χ0) is 20.4. The molecule has 2 heterocycles. The van der Waals surface area contributed by atoms with E-state index in [4.69, 9.17) is 9.47 Å². The van der Waals surface area contributed by atoms with E-state index in [2.05, 4.69) is 16.6 Å². The number of rotatable bonds is 5. The summed E-state index contributed by atoms with van der Waals surface area (Å²) in [6.45, 7) is 8.50. The molecule has 0 aromatic heterocycles. The van der Waals surface area contributed by atoms with Crippen LogP contribution in [0.3, 0.4) is 0 Å². The van der Waals surface area contributed by atoms with Gasteiger partial charge in [-0.3, -0.25) is 4.79 Å². The zero-order valence-corrected chi connectivity index (χ0v) is 15.7. The maximum absolute atomic E-state index is 12.7. The number of esters is 2. The van der Waals surface area contributed by atoms with Crippen LogP contribution in [0.4, 0.5) is 4.79 Å². The smallest absolute Gasteiger partial charge is 0.408 e. The number of ether oxygens (including phenoxy) is 3. The van der Waals surface area contributed by atoms with E-state index in [1.54, 1.807) is 20.8 Å². The first-order valence-electron chi connectivity index (χ1n) is 8.27. The molecule has 2 aliphatic heterocycles. The number of hydrogen-bond acceptors (Lipinski definition) is 8. The van der Waals surface area contributed by atoms with Gasteiger partial charge >= 0.3 is 18.0 Å². The first-order chi connectivity index (χ1) is 12.6. The molecule has 1 fully saturated rings. The maximum atomic E-state index is 12.7. The van der Waals surface area contributed by atoms with Gasteiger partial charge in [-0.2, -0.15) is 0 Å². The van der Waals surface area contributed by atoms with Gasteiger partial charge in [0.1, 0.15) is 18.2 Å². The molecule has 1 N–H and O–H groups in total. The maximum Gasteiger partial charge on any atom is 0.408 e. The number of methoxy groups -OCH3 is 1. The van der Waals surface area contributed by atoms with Gasteiger partial charge in [0.05, 0.1) is 19.2 Å². The Hall–Kier alpha value is -2.88. The molecule has 0 aromatic rings. The minimum absolute atomic E-state index is 0.00984. The fourth-order valence-corrected chi connectivity index (χ4v) is 2.68. The largest absolute Gasteiger partial charge is 0.466 e. The van der Waals surface area contributed by atoms with Crippen molar-refractivity contribution in [2.45, 2.75) is 32.4 Å². The van der Waals surface area contributed by atoms with E-state index < -0.39 is 35.6 Å². The highest BCUT2D eigenvalue weighted by atomic mass is 16.6. The minimum Gasteiger partial charge on any atom is -0.466 e. The number of amides is 2. The van der Waals surface area contributed by atoms with Crippen LogP contribution in [-0.4, -0.2) is 72.4 Å². The number of fused-ring (bicyclic) bond motifs is 1. The van der Waals surface area contributed by atoms with E-state index in [1.165, 1.54) is 18.2 Å². The van der Waals surface area contributed by atoms with Crippen molar-refractivity contribution in [3.63, 3.8) is 0 Å². The highest BCUT2D eigenvalue weighted by Gasteiger charge is 2.50. The van der Waals surface area contributed by atoms with E-state index in [0.717, 1.165) is 5.01 Å². The monoisotopic (exact) mass is 381 g/mol. The first kappa shape index (κ1) is 20.4. The van der Waals surface area contributed by atoms with Gasteiger partial charge in [0.15, 0.2) is 5.70 Å². The van der Waals surface area contributed by atoms with Gasteiger partial charge in [0.2, 0.25) is 0 Å². The van der Waals surface area contributed by atoms with Crippen LogP contribution >= 0.6 is 0 Å².